The number of rotatable bonds is 5. The molecule has 2 aromatic rings. The Morgan fingerprint density at radius 1 is 1.50 bits per heavy atom. The summed E-state index contributed by atoms with van der Waals surface area (Å²) >= 11 is 1.65. The molecule has 0 bridgehead atoms. The lowest BCUT2D eigenvalue weighted by atomic mass is 10.1. The summed E-state index contributed by atoms with van der Waals surface area (Å²) in [4.78, 5) is 17.6. The number of hydrogen-bond acceptors (Lipinski definition) is 4. The topological polar surface area (TPSA) is 68.0 Å². The van der Waals surface area contributed by atoms with Crippen LogP contribution in [0.15, 0.2) is 30.5 Å². The first-order chi connectivity index (χ1) is 9.58. The number of benzene rings is 1. The number of hydrogen-bond donors (Lipinski definition) is 2. The van der Waals surface area contributed by atoms with Crippen molar-refractivity contribution in [3.8, 4) is 0 Å². The number of anilines is 1. The van der Waals surface area contributed by atoms with E-state index in [1.807, 2.05) is 37.4 Å². The van der Waals surface area contributed by atoms with Crippen molar-refractivity contribution >= 4 is 22.9 Å². The predicted octanol–water partition coefficient (Wildman–Crippen LogP) is 2.71. The number of nitrogens with zero attached hydrogens (tertiary/aromatic N) is 1. The lowest BCUT2D eigenvalue weighted by Gasteiger charge is -2.11. The van der Waals surface area contributed by atoms with Crippen LogP contribution in [0, 0.1) is 0 Å². The Labute approximate surface area is 123 Å². The number of aromatic nitrogens is 1. The van der Waals surface area contributed by atoms with Gasteiger partial charge in [0.1, 0.15) is 5.01 Å². The van der Waals surface area contributed by atoms with Gasteiger partial charge in [0.2, 0.25) is 5.91 Å². The smallest absolute Gasteiger partial charge is 0.224 e. The summed E-state index contributed by atoms with van der Waals surface area (Å²) in [6.45, 7) is 4.05. The van der Waals surface area contributed by atoms with E-state index in [1.165, 1.54) is 4.88 Å². The number of nitrogens with two attached hydrogens (primary N) is 1. The minimum Gasteiger partial charge on any atom is -0.399 e. The van der Waals surface area contributed by atoms with Crippen molar-refractivity contribution < 1.29 is 4.79 Å². The first kappa shape index (κ1) is 14.5. The molecule has 0 spiro atoms. The molecule has 0 aliphatic heterocycles. The van der Waals surface area contributed by atoms with Gasteiger partial charge in [-0.25, -0.2) is 4.98 Å². The highest BCUT2D eigenvalue weighted by atomic mass is 32.1. The highest BCUT2D eigenvalue weighted by Gasteiger charge is 2.13. The third-order valence-electron chi connectivity index (χ3n) is 2.98. The summed E-state index contributed by atoms with van der Waals surface area (Å²) in [6.07, 6.45) is 3.18. The second kappa shape index (κ2) is 6.52. The summed E-state index contributed by atoms with van der Waals surface area (Å²) in [7, 11) is 0. The van der Waals surface area contributed by atoms with Gasteiger partial charge in [0, 0.05) is 16.8 Å². The van der Waals surface area contributed by atoms with Gasteiger partial charge >= 0.3 is 0 Å². The maximum Gasteiger partial charge on any atom is 0.224 e. The first-order valence-corrected chi connectivity index (χ1v) is 7.48. The maximum atomic E-state index is 12.0. The van der Waals surface area contributed by atoms with E-state index in [2.05, 4.69) is 17.2 Å². The van der Waals surface area contributed by atoms with E-state index in [0.29, 0.717) is 12.1 Å². The van der Waals surface area contributed by atoms with Crippen molar-refractivity contribution in [2.75, 3.05) is 5.73 Å². The molecule has 106 valence electrons. The van der Waals surface area contributed by atoms with E-state index in [1.54, 1.807) is 11.3 Å². The lowest BCUT2D eigenvalue weighted by Crippen LogP contribution is -2.28. The van der Waals surface area contributed by atoms with Gasteiger partial charge < -0.3 is 11.1 Å². The van der Waals surface area contributed by atoms with Crippen molar-refractivity contribution in [1.29, 1.82) is 0 Å². The molecule has 1 amide bonds. The number of thiazole rings is 1. The highest BCUT2D eigenvalue weighted by molar-refractivity contribution is 7.11. The van der Waals surface area contributed by atoms with Crippen LogP contribution in [-0.2, 0) is 17.6 Å². The fourth-order valence-corrected chi connectivity index (χ4v) is 2.79. The quantitative estimate of drug-likeness (QED) is 0.832. The van der Waals surface area contributed by atoms with Crippen LogP contribution < -0.4 is 11.1 Å². The molecule has 1 unspecified atom stereocenters. The molecule has 0 saturated heterocycles. The zero-order valence-electron chi connectivity index (χ0n) is 11.7. The van der Waals surface area contributed by atoms with Gasteiger partial charge in [-0.3, -0.25) is 4.79 Å². The fourth-order valence-electron chi connectivity index (χ4n) is 1.93. The van der Waals surface area contributed by atoms with Crippen LogP contribution in [0.1, 0.15) is 35.3 Å². The Bertz CT molecular complexity index is 594. The van der Waals surface area contributed by atoms with Crippen LogP contribution in [0.5, 0.6) is 0 Å². The zero-order chi connectivity index (χ0) is 14.5. The molecular formula is C15H19N3OS. The Hall–Kier alpha value is -1.88. The Balaban J connectivity index is 1.94. The molecule has 5 heteroatoms. The van der Waals surface area contributed by atoms with Gasteiger partial charge in [0.25, 0.3) is 0 Å². The highest BCUT2D eigenvalue weighted by Crippen LogP contribution is 2.20. The summed E-state index contributed by atoms with van der Waals surface area (Å²) in [5.41, 5.74) is 7.30. The third kappa shape index (κ3) is 3.81. The number of nitrogens with one attached hydrogen (secondary N) is 1. The summed E-state index contributed by atoms with van der Waals surface area (Å²) in [6, 6.07) is 7.33. The average Bonchev–Trinajstić information content (AvgIpc) is 2.87. The first-order valence-electron chi connectivity index (χ1n) is 6.67. The predicted molar refractivity (Wildman–Crippen MR) is 82.6 cm³/mol. The average molecular weight is 289 g/mol. The van der Waals surface area contributed by atoms with Crippen LogP contribution in [0.3, 0.4) is 0 Å². The SMILES string of the molecule is CCc1cnc(C(C)NC(=O)Cc2cccc(N)c2)s1. The minimum absolute atomic E-state index is 0.0173. The van der Waals surface area contributed by atoms with Gasteiger partial charge in [-0.15, -0.1) is 11.3 Å². The number of carbonyl (C=O) groups is 1. The minimum atomic E-state index is -0.0612. The van der Waals surface area contributed by atoms with Crippen molar-refractivity contribution in [1.82, 2.24) is 10.3 Å². The molecule has 3 N–H and O–H groups in total. The number of amides is 1. The van der Waals surface area contributed by atoms with Crippen LogP contribution in [-0.4, -0.2) is 10.9 Å². The summed E-state index contributed by atoms with van der Waals surface area (Å²) in [5, 5.41) is 3.92. The van der Waals surface area contributed by atoms with Gasteiger partial charge in [-0.05, 0) is 31.0 Å². The number of carbonyl (C=O) groups excluding carboxylic acids is 1. The van der Waals surface area contributed by atoms with Crippen LogP contribution >= 0.6 is 11.3 Å². The molecule has 2 rings (SSSR count). The molecular weight excluding hydrogens is 270 g/mol. The Morgan fingerprint density at radius 2 is 2.30 bits per heavy atom. The van der Waals surface area contributed by atoms with Crippen LogP contribution in [0.25, 0.3) is 0 Å². The van der Waals surface area contributed by atoms with E-state index in [9.17, 15) is 4.79 Å². The van der Waals surface area contributed by atoms with Gasteiger partial charge in [-0.1, -0.05) is 19.1 Å². The monoisotopic (exact) mass is 289 g/mol. The van der Waals surface area contributed by atoms with Gasteiger partial charge in [0.15, 0.2) is 0 Å². The van der Waals surface area contributed by atoms with Crippen molar-refractivity contribution in [3.63, 3.8) is 0 Å². The summed E-state index contributed by atoms with van der Waals surface area (Å²) in [5.74, 6) is -0.0173. The Morgan fingerprint density at radius 3 is 2.95 bits per heavy atom. The molecule has 0 aliphatic carbocycles. The molecule has 0 aliphatic rings. The normalized spacial score (nSPS) is 12.1. The van der Waals surface area contributed by atoms with E-state index in [-0.39, 0.29) is 11.9 Å². The molecule has 0 saturated carbocycles. The van der Waals surface area contributed by atoms with E-state index >= 15 is 0 Å². The molecule has 1 aromatic heterocycles. The van der Waals surface area contributed by atoms with Gasteiger partial charge in [0.05, 0.1) is 12.5 Å². The number of nitrogen functional groups attached to an aromatic ring is 1. The summed E-state index contributed by atoms with van der Waals surface area (Å²) < 4.78 is 0. The van der Waals surface area contributed by atoms with E-state index in [4.69, 9.17) is 5.73 Å². The van der Waals surface area contributed by atoms with E-state index < -0.39 is 0 Å². The maximum absolute atomic E-state index is 12.0. The molecule has 0 radical (unpaired) electrons. The fraction of sp³-hybridized carbons (Fsp3) is 0.333. The largest absolute Gasteiger partial charge is 0.399 e. The molecule has 1 heterocycles. The standard InChI is InChI=1S/C15H19N3OS/c1-3-13-9-17-15(20-13)10(2)18-14(19)8-11-5-4-6-12(16)7-11/h4-7,9-10H,3,8,16H2,1-2H3,(H,18,19). The third-order valence-corrected chi connectivity index (χ3v) is 4.31. The lowest BCUT2D eigenvalue weighted by molar-refractivity contribution is -0.121. The molecule has 4 nitrogen and oxygen atoms in total. The number of aryl methyl sites for hydroxylation is 1. The molecule has 0 fully saturated rings. The van der Waals surface area contributed by atoms with Crippen molar-refractivity contribution in [2.45, 2.75) is 32.7 Å². The second-order valence-electron chi connectivity index (χ2n) is 4.73. The van der Waals surface area contributed by atoms with Crippen LogP contribution in [0.4, 0.5) is 5.69 Å². The second-order valence-corrected chi connectivity index (χ2v) is 5.88. The van der Waals surface area contributed by atoms with Gasteiger partial charge in [-0.2, -0.15) is 0 Å². The Kier molecular flexibility index (Phi) is 4.74. The molecule has 1 aromatic carbocycles. The molecule has 1 atom stereocenters. The van der Waals surface area contributed by atoms with E-state index in [0.717, 1.165) is 17.0 Å². The molecule has 20 heavy (non-hydrogen) atoms. The van der Waals surface area contributed by atoms with Crippen molar-refractivity contribution in [3.05, 3.63) is 45.9 Å². The zero-order valence-corrected chi connectivity index (χ0v) is 12.5. The van der Waals surface area contributed by atoms with Crippen LogP contribution in [0.2, 0.25) is 0 Å². The van der Waals surface area contributed by atoms with Crippen molar-refractivity contribution in [2.24, 2.45) is 0 Å².